The van der Waals surface area contributed by atoms with Crippen molar-refractivity contribution in [3.05, 3.63) is 30.0 Å². The molecule has 0 radical (unpaired) electrons. The molecule has 0 unspecified atom stereocenters. The van der Waals surface area contributed by atoms with Crippen LogP contribution in [0.25, 0.3) is 10.8 Å². The largest absolute Gasteiger partial charge is 0.472 e. The number of amides is 1. The van der Waals surface area contributed by atoms with Crippen LogP contribution in [-0.4, -0.2) is 32.5 Å². The molecule has 0 fully saturated rings. The summed E-state index contributed by atoms with van der Waals surface area (Å²) in [7, 11) is 0. The molecule has 1 amide bonds. The number of carbonyl (C=O) groups excluding carboxylic acids is 1. The van der Waals surface area contributed by atoms with Crippen LogP contribution in [0.4, 0.5) is 0 Å². The average molecular weight is 337 g/mol. The predicted octanol–water partition coefficient (Wildman–Crippen LogP) is 2.39. The van der Waals surface area contributed by atoms with Crippen molar-refractivity contribution >= 4 is 29.0 Å². The molecule has 0 saturated carbocycles. The summed E-state index contributed by atoms with van der Waals surface area (Å²) >= 11 is 2.88. The van der Waals surface area contributed by atoms with Crippen LogP contribution in [0.2, 0.25) is 0 Å². The molecular formula is C12H11N5O3S2. The first kappa shape index (κ1) is 14.7. The molecule has 3 heterocycles. The smallest absolute Gasteiger partial charge is 0.255 e. The molecule has 3 aromatic rings. The summed E-state index contributed by atoms with van der Waals surface area (Å²) in [6, 6.07) is 1.14. The molecule has 3 rings (SSSR count). The van der Waals surface area contributed by atoms with E-state index in [4.69, 9.17) is 8.94 Å². The minimum Gasteiger partial charge on any atom is -0.472 e. The number of furan rings is 1. The van der Waals surface area contributed by atoms with E-state index in [1.54, 1.807) is 13.0 Å². The third-order valence-corrected chi connectivity index (χ3v) is 4.61. The summed E-state index contributed by atoms with van der Waals surface area (Å²) in [4.78, 5) is 16.2. The van der Waals surface area contributed by atoms with Gasteiger partial charge in [-0.3, -0.25) is 4.79 Å². The maximum absolute atomic E-state index is 11.9. The molecule has 3 aromatic heterocycles. The molecule has 0 aliphatic carbocycles. The van der Waals surface area contributed by atoms with Crippen LogP contribution in [-0.2, 0) is 0 Å². The molecule has 8 nitrogen and oxygen atoms in total. The van der Waals surface area contributed by atoms with Gasteiger partial charge in [-0.1, -0.05) is 28.3 Å². The average Bonchev–Trinajstić information content (AvgIpc) is 3.25. The standard InChI is InChI=1S/C12H11N5O3S2/c1-6(13-9(18)7-3-4-19-5-7)10-14-8(17-20-10)11-15-16-12(21-2)22-11/h3-6H,1-2H3,(H,13,18)/t6-/m1/s1. The van der Waals surface area contributed by atoms with E-state index in [0.29, 0.717) is 22.3 Å². The highest BCUT2D eigenvalue weighted by atomic mass is 32.2. The Morgan fingerprint density at radius 2 is 2.32 bits per heavy atom. The van der Waals surface area contributed by atoms with Crippen molar-refractivity contribution in [1.29, 1.82) is 0 Å². The molecular weight excluding hydrogens is 326 g/mol. The topological polar surface area (TPSA) is 107 Å². The second-order valence-electron chi connectivity index (χ2n) is 4.24. The zero-order chi connectivity index (χ0) is 15.5. The quantitative estimate of drug-likeness (QED) is 0.707. The first-order chi connectivity index (χ1) is 10.7. The van der Waals surface area contributed by atoms with E-state index >= 15 is 0 Å². The minimum atomic E-state index is -0.434. The fraction of sp³-hybridized carbons (Fsp3) is 0.250. The number of aromatic nitrogens is 4. The summed E-state index contributed by atoms with van der Waals surface area (Å²) < 4.78 is 10.9. The van der Waals surface area contributed by atoms with Crippen molar-refractivity contribution in [3.8, 4) is 10.8 Å². The lowest BCUT2D eigenvalue weighted by Gasteiger charge is -2.07. The van der Waals surface area contributed by atoms with Crippen molar-refractivity contribution in [3.63, 3.8) is 0 Å². The number of nitrogens with zero attached hydrogens (tertiary/aromatic N) is 4. The van der Waals surface area contributed by atoms with E-state index in [2.05, 4.69) is 25.7 Å². The van der Waals surface area contributed by atoms with Crippen LogP contribution in [0.15, 0.2) is 31.9 Å². The van der Waals surface area contributed by atoms with Crippen molar-refractivity contribution in [2.75, 3.05) is 6.26 Å². The molecule has 1 atom stereocenters. The third-order valence-electron chi connectivity index (χ3n) is 2.72. The number of hydrogen-bond donors (Lipinski definition) is 1. The van der Waals surface area contributed by atoms with E-state index in [-0.39, 0.29) is 5.91 Å². The monoisotopic (exact) mass is 337 g/mol. The van der Waals surface area contributed by atoms with Gasteiger partial charge in [0.25, 0.3) is 5.91 Å². The number of carbonyl (C=O) groups is 1. The van der Waals surface area contributed by atoms with Gasteiger partial charge in [-0.15, -0.1) is 10.2 Å². The normalized spacial score (nSPS) is 12.3. The second kappa shape index (κ2) is 6.28. The van der Waals surface area contributed by atoms with Crippen LogP contribution in [0.3, 0.4) is 0 Å². The SMILES string of the molecule is CSc1nnc(-c2noc([C@@H](C)NC(=O)c3ccoc3)n2)s1. The van der Waals surface area contributed by atoms with Crippen LogP contribution < -0.4 is 5.32 Å². The highest BCUT2D eigenvalue weighted by Gasteiger charge is 2.20. The van der Waals surface area contributed by atoms with E-state index in [1.807, 2.05) is 6.26 Å². The summed E-state index contributed by atoms with van der Waals surface area (Å²) in [5.41, 5.74) is 0.431. The van der Waals surface area contributed by atoms with Gasteiger partial charge >= 0.3 is 0 Å². The van der Waals surface area contributed by atoms with Gasteiger partial charge in [0.2, 0.25) is 11.7 Å². The van der Waals surface area contributed by atoms with Gasteiger partial charge in [-0.25, -0.2) is 0 Å². The van der Waals surface area contributed by atoms with Gasteiger partial charge in [-0.05, 0) is 19.2 Å². The zero-order valence-corrected chi connectivity index (χ0v) is 13.3. The van der Waals surface area contributed by atoms with Crippen molar-refractivity contribution in [2.24, 2.45) is 0 Å². The third kappa shape index (κ3) is 3.02. The van der Waals surface area contributed by atoms with E-state index in [1.165, 1.54) is 35.6 Å². The summed E-state index contributed by atoms with van der Waals surface area (Å²) in [6.07, 6.45) is 4.72. The number of rotatable bonds is 5. The van der Waals surface area contributed by atoms with Gasteiger partial charge in [0.15, 0.2) is 9.35 Å². The van der Waals surface area contributed by atoms with Crippen molar-refractivity contribution < 1.29 is 13.7 Å². The Kier molecular flexibility index (Phi) is 4.20. The highest BCUT2D eigenvalue weighted by molar-refractivity contribution is 8.00. The first-order valence-electron chi connectivity index (χ1n) is 6.22. The molecule has 0 saturated heterocycles. The lowest BCUT2D eigenvalue weighted by molar-refractivity contribution is 0.0932. The number of thioether (sulfide) groups is 1. The Labute approximate surface area is 133 Å². The van der Waals surface area contributed by atoms with Crippen LogP contribution in [0, 0.1) is 0 Å². The Morgan fingerprint density at radius 3 is 3.00 bits per heavy atom. The molecule has 0 bridgehead atoms. The first-order valence-corrected chi connectivity index (χ1v) is 8.26. The lowest BCUT2D eigenvalue weighted by Crippen LogP contribution is -2.26. The van der Waals surface area contributed by atoms with E-state index in [0.717, 1.165) is 4.34 Å². The Bertz CT molecular complexity index is 767. The maximum atomic E-state index is 11.9. The van der Waals surface area contributed by atoms with Crippen LogP contribution >= 0.6 is 23.1 Å². The Balaban J connectivity index is 1.71. The zero-order valence-electron chi connectivity index (χ0n) is 11.6. The predicted molar refractivity (Wildman–Crippen MR) is 79.6 cm³/mol. The summed E-state index contributed by atoms with van der Waals surface area (Å²) in [5.74, 6) is 0.381. The van der Waals surface area contributed by atoms with Gasteiger partial charge < -0.3 is 14.3 Å². The molecule has 22 heavy (non-hydrogen) atoms. The maximum Gasteiger partial charge on any atom is 0.255 e. The molecule has 0 aromatic carbocycles. The van der Waals surface area contributed by atoms with Gasteiger partial charge in [-0.2, -0.15) is 4.98 Å². The second-order valence-corrected chi connectivity index (χ2v) is 6.27. The summed E-state index contributed by atoms with van der Waals surface area (Å²) in [5, 5.41) is 15.2. The van der Waals surface area contributed by atoms with Gasteiger partial charge in [0.1, 0.15) is 12.3 Å². The fourth-order valence-electron chi connectivity index (χ4n) is 1.62. The summed E-state index contributed by atoms with van der Waals surface area (Å²) in [6.45, 7) is 1.75. The van der Waals surface area contributed by atoms with Gasteiger partial charge in [0.05, 0.1) is 11.8 Å². The molecule has 0 aliphatic heterocycles. The number of hydrogen-bond acceptors (Lipinski definition) is 9. The minimum absolute atomic E-state index is 0.276. The van der Waals surface area contributed by atoms with Crippen molar-refractivity contribution in [2.45, 2.75) is 17.3 Å². The molecule has 0 aliphatic rings. The molecule has 0 spiro atoms. The molecule has 10 heteroatoms. The highest BCUT2D eigenvalue weighted by Crippen LogP contribution is 2.26. The number of nitrogens with one attached hydrogen (secondary N) is 1. The van der Waals surface area contributed by atoms with Crippen molar-refractivity contribution in [1.82, 2.24) is 25.7 Å². The Morgan fingerprint density at radius 1 is 1.45 bits per heavy atom. The van der Waals surface area contributed by atoms with E-state index < -0.39 is 6.04 Å². The Hall–Kier alpha value is -2.20. The molecule has 1 N–H and O–H groups in total. The van der Waals surface area contributed by atoms with E-state index in [9.17, 15) is 4.79 Å². The molecule has 114 valence electrons. The van der Waals surface area contributed by atoms with Gasteiger partial charge in [0, 0.05) is 0 Å². The fourth-order valence-corrected chi connectivity index (χ4v) is 2.81. The lowest BCUT2D eigenvalue weighted by atomic mass is 10.2. The van der Waals surface area contributed by atoms with Crippen LogP contribution in [0.1, 0.15) is 29.2 Å². The van der Waals surface area contributed by atoms with Crippen LogP contribution in [0.5, 0.6) is 0 Å².